The van der Waals surface area contributed by atoms with Crippen LogP contribution < -0.4 is 0 Å². The van der Waals surface area contributed by atoms with Gasteiger partial charge in [0.05, 0.1) is 15.1 Å². The number of hydrogen-bond donors (Lipinski definition) is 0. The summed E-state index contributed by atoms with van der Waals surface area (Å²) in [6.07, 6.45) is 0. The molecule has 0 unspecified atom stereocenters. The summed E-state index contributed by atoms with van der Waals surface area (Å²) >= 11 is 0. The molecular formula is C48H30O. The second-order valence-electron chi connectivity index (χ2n) is 11.9. The molecule has 1 heterocycles. The summed E-state index contributed by atoms with van der Waals surface area (Å²) in [5.41, 5.74) is 5.04. The normalized spacial score (nSPS) is 14.8. The first-order valence-electron chi connectivity index (χ1n) is 21.5. The van der Waals surface area contributed by atoms with E-state index in [1.807, 2.05) is 91.0 Å². The third-order valence-electron chi connectivity index (χ3n) is 9.18. The zero-order chi connectivity index (χ0) is 41.9. The lowest BCUT2D eigenvalue weighted by atomic mass is 9.84. The van der Waals surface area contributed by atoms with Crippen LogP contribution in [0, 0.1) is 0 Å². The lowest BCUT2D eigenvalue weighted by molar-refractivity contribution is 0.669. The summed E-state index contributed by atoms with van der Waals surface area (Å²) in [4.78, 5) is 0. The molecule has 1 nitrogen and oxygen atoms in total. The van der Waals surface area contributed by atoms with Crippen LogP contribution in [-0.4, -0.2) is 0 Å². The van der Waals surface area contributed by atoms with Gasteiger partial charge < -0.3 is 4.42 Å². The molecule has 10 aromatic rings. The predicted octanol–water partition coefficient (Wildman–Crippen LogP) is 13.7. The minimum Gasteiger partial charge on any atom is -0.456 e. The van der Waals surface area contributed by atoms with Crippen LogP contribution in [0.2, 0.25) is 0 Å². The van der Waals surface area contributed by atoms with Gasteiger partial charge in [0.25, 0.3) is 0 Å². The Balaban J connectivity index is 1.29. The van der Waals surface area contributed by atoms with Crippen molar-refractivity contribution in [2.24, 2.45) is 0 Å². The van der Waals surface area contributed by atoms with E-state index in [-0.39, 0.29) is 28.4 Å². The minimum atomic E-state index is -0.670. The maximum Gasteiger partial charge on any atom is 0.136 e. The van der Waals surface area contributed by atoms with Gasteiger partial charge in [0.1, 0.15) is 11.2 Å². The molecule has 0 aliphatic heterocycles. The Morgan fingerprint density at radius 3 is 1.73 bits per heavy atom. The SMILES string of the molecule is [2H]c1c([2H])c([2H])c(-c2c([2H])c([2H])c3c([2H])c(-c4c5ccccc5c(-c5cccc6oc7ccc(-c8ccccc8)cc7c56)c5ccccc45)c([2H])c([2H])c3c2[2H])c([2H])c1[2H]. The average molecular weight is 634 g/mol. The molecule has 0 amide bonds. The van der Waals surface area contributed by atoms with Gasteiger partial charge in [-0.05, 0) is 107 Å². The third-order valence-corrected chi connectivity index (χ3v) is 9.18. The maximum absolute atomic E-state index is 9.68. The molecule has 0 aliphatic rings. The fraction of sp³-hybridized carbons (Fsp3) is 0. The van der Waals surface area contributed by atoms with Crippen LogP contribution in [0.1, 0.15) is 15.1 Å². The largest absolute Gasteiger partial charge is 0.456 e. The number of benzene rings is 9. The van der Waals surface area contributed by atoms with Gasteiger partial charge in [-0.25, -0.2) is 0 Å². The van der Waals surface area contributed by atoms with Gasteiger partial charge in [-0.2, -0.15) is 0 Å². The molecule has 0 saturated carbocycles. The van der Waals surface area contributed by atoms with Gasteiger partial charge in [-0.1, -0.05) is 151 Å². The molecule has 0 radical (unpaired) electrons. The van der Waals surface area contributed by atoms with Gasteiger partial charge in [-0.3, -0.25) is 0 Å². The van der Waals surface area contributed by atoms with Crippen molar-refractivity contribution < 1.29 is 19.5 Å². The number of rotatable bonds is 4. The molecule has 1 heteroatoms. The summed E-state index contributed by atoms with van der Waals surface area (Å²) in [6, 6.07) is 31.4. The number of hydrogen-bond acceptors (Lipinski definition) is 1. The molecule has 0 atom stereocenters. The lowest BCUT2D eigenvalue weighted by Gasteiger charge is -2.18. The van der Waals surface area contributed by atoms with Crippen molar-refractivity contribution in [3.63, 3.8) is 0 Å². The first-order valence-corrected chi connectivity index (χ1v) is 16.0. The first kappa shape index (κ1) is 18.8. The van der Waals surface area contributed by atoms with E-state index < -0.39 is 65.5 Å². The number of furan rings is 1. The molecule has 0 spiro atoms. The van der Waals surface area contributed by atoms with E-state index in [1.54, 1.807) is 0 Å². The van der Waals surface area contributed by atoms with Crippen LogP contribution in [-0.2, 0) is 0 Å². The van der Waals surface area contributed by atoms with E-state index >= 15 is 0 Å². The van der Waals surface area contributed by atoms with Crippen molar-refractivity contribution in [2.45, 2.75) is 0 Å². The van der Waals surface area contributed by atoms with E-state index in [1.165, 1.54) is 0 Å². The second-order valence-corrected chi connectivity index (χ2v) is 11.9. The number of fused-ring (bicyclic) bond motifs is 6. The van der Waals surface area contributed by atoms with Crippen LogP contribution in [0.4, 0.5) is 0 Å². The van der Waals surface area contributed by atoms with Crippen LogP contribution in [0.5, 0.6) is 0 Å². The van der Waals surface area contributed by atoms with Crippen molar-refractivity contribution in [3.05, 3.63) is 182 Å². The fourth-order valence-electron chi connectivity index (χ4n) is 7.03. The van der Waals surface area contributed by atoms with Crippen molar-refractivity contribution in [1.82, 2.24) is 0 Å². The molecule has 0 fully saturated rings. The molecule has 0 saturated heterocycles. The summed E-state index contributed by atoms with van der Waals surface area (Å²) in [7, 11) is 0. The highest BCUT2D eigenvalue weighted by atomic mass is 16.3. The Morgan fingerprint density at radius 2 is 1.02 bits per heavy atom. The van der Waals surface area contributed by atoms with Gasteiger partial charge in [-0.15, -0.1) is 0 Å². The highest BCUT2D eigenvalue weighted by Crippen LogP contribution is 2.47. The Kier molecular flexibility index (Phi) is 4.25. The second kappa shape index (κ2) is 11.1. The van der Waals surface area contributed by atoms with E-state index in [2.05, 4.69) is 24.3 Å². The Morgan fingerprint density at radius 1 is 0.388 bits per heavy atom. The molecular weight excluding hydrogens is 593 g/mol. The quantitative estimate of drug-likeness (QED) is 0.176. The molecule has 0 aliphatic carbocycles. The van der Waals surface area contributed by atoms with Crippen molar-refractivity contribution >= 4 is 54.3 Å². The van der Waals surface area contributed by atoms with E-state index in [0.717, 1.165) is 49.4 Å². The Bertz CT molecular complexity index is 3420. The van der Waals surface area contributed by atoms with Gasteiger partial charge in [0.15, 0.2) is 0 Å². The topological polar surface area (TPSA) is 13.1 Å². The zero-order valence-corrected chi connectivity index (χ0v) is 25.9. The summed E-state index contributed by atoms with van der Waals surface area (Å²) in [5.74, 6) is 0. The van der Waals surface area contributed by atoms with Gasteiger partial charge >= 0.3 is 0 Å². The Hall–Kier alpha value is -6.44. The molecule has 9 aromatic carbocycles. The van der Waals surface area contributed by atoms with Gasteiger partial charge in [0, 0.05) is 10.8 Å². The highest BCUT2D eigenvalue weighted by Gasteiger charge is 2.20. The summed E-state index contributed by atoms with van der Waals surface area (Å²) in [6.45, 7) is 0. The third kappa shape index (κ3) is 4.47. The van der Waals surface area contributed by atoms with Crippen molar-refractivity contribution in [3.8, 4) is 44.5 Å². The molecule has 49 heavy (non-hydrogen) atoms. The molecule has 228 valence electrons. The molecule has 1 aromatic heterocycles. The monoisotopic (exact) mass is 633 g/mol. The smallest absolute Gasteiger partial charge is 0.136 e. The van der Waals surface area contributed by atoms with E-state index in [9.17, 15) is 6.85 Å². The van der Waals surface area contributed by atoms with E-state index in [0.29, 0.717) is 21.9 Å². The highest BCUT2D eigenvalue weighted by molar-refractivity contribution is 6.26. The lowest BCUT2D eigenvalue weighted by Crippen LogP contribution is -1.91. The van der Waals surface area contributed by atoms with Crippen LogP contribution in [0.3, 0.4) is 0 Å². The van der Waals surface area contributed by atoms with Crippen molar-refractivity contribution in [2.75, 3.05) is 0 Å². The predicted molar refractivity (Wildman–Crippen MR) is 208 cm³/mol. The minimum absolute atomic E-state index is 0.0498. The molecule has 10 rings (SSSR count). The molecule has 0 bridgehead atoms. The summed E-state index contributed by atoms with van der Waals surface area (Å²) < 4.78 is 104. The first-order chi connectivity index (χ1) is 28.9. The average Bonchev–Trinajstić information content (AvgIpc) is 3.65. The Labute approximate surface area is 299 Å². The van der Waals surface area contributed by atoms with Crippen molar-refractivity contribution in [1.29, 1.82) is 0 Å². The van der Waals surface area contributed by atoms with Crippen LogP contribution >= 0.6 is 0 Å². The zero-order valence-electron chi connectivity index (χ0n) is 36.9. The maximum atomic E-state index is 9.68. The van der Waals surface area contributed by atoms with E-state index in [4.69, 9.17) is 12.6 Å². The van der Waals surface area contributed by atoms with Crippen LogP contribution in [0.15, 0.2) is 186 Å². The standard InChI is InChI=1S/C48H30O/c1-3-12-31(13-4-1)33-22-23-35-29-37(25-24-34(35)28-33)46-38-16-7-9-18-40(38)47(41-19-10-8-17-39(41)46)42-20-11-21-45-48(42)43-30-36(26-27-44(43)49-45)32-14-5-2-6-15-32/h1-30H/i1D,3D,4D,12D,13D,22D,23D,24D,25D,28D,29D. The van der Waals surface area contributed by atoms with Gasteiger partial charge in [0.2, 0.25) is 0 Å². The van der Waals surface area contributed by atoms with Crippen LogP contribution in [0.25, 0.3) is 98.8 Å². The summed E-state index contributed by atoms with van der Waals surface area (Å²) in [5, 5.41) is 4.36. The molecule has 0 N–H and O–H groups in total. The fourth-order valence-corrected chi connectivity index (χ4v) is 7.03.